The van der Waals surface area contributed by atoms with Gasteiger partial charge in [0.15, 0.2) is 0 Å². The highest BCUT2D eigenvalue weighted by atomic mass is 35.5. The summed E-state index contributed by atoms with van der Waals surface area (Å²) in [6, 6.07) is 7.85. The van der Waals surface area contributed by atoms with Gasteiger partial charge in [0.05, 0.1) is 10.6 Å². The number of nitrogens with one attached hydrogen (secondary N) is 1. The van der Waals surface area contributed by atoms with E-state index in [4.69, 9.17) is 17.3 Å². The molecule has 0 saturated heterocycles. The number of thioether (sulfide) groups is 1. The van der Waals surface area contributed by atoms with Crippen LogP contribution in [0.1, 0.15) is 33.1 Å². The van der Waals surface area contributed by atoms with Crippen molar-refractivity contribution in [2.75, 3.05) is 12.3 Å². The highest BCUT2D eigenvalue weighted by Crippen LogP contribution is 2.27. The van der Waals surface area contributed by atoms with E-state index in [9.17, 15) is 4.79 Å². The zero-order valence-corrected chi connectivity index (χ0v) is 13.7. The van der Waals surface area contributed by atoms with Crippen LogP contribution in [0.2, 0.25) is 5.02 Å². The van der Waals surface area contributed by atoms with Crippen LogP contribution in [-0.2, 0) is 4.79 Å². The number of rotatable bonds is 9. The molecule has 0 aliphatic heterocycles. The number of unbranched alkanes of at least 4 members (excludes halogenated alkanes) is 1. The predicted octanol–water partition coefficient (Wildman–Crippen LogP) is 3.46. The van der Waals surface area contributed by atoms with Crippen LogP contribution in [0.5, 0.6) is 0 Å². The standard InChI is InChI=1S/C15H23ClN2OS/c1-3-18-15(2,14(17)19)10-6-7-11-20-13-9-5-4-8-12(13)16/h4-5,8-9,18H,3,6-7,10-11H2,1-2H3,(H2,17,19). The first-order valence-electron chi connectivity index (χ1n) is 6.92. The van der Waals surface area contributed by atoms with Crippen molar-refractivity contribution in [3.8, 4) is 0 Å². The molecular formula is C15H23ClN2OS. The number of hydrogen-bond acceptors (Lipinski definition) is 3. The molecule has 0 aliphatic carbocycles. The second-order valence-electron chi connectivity index (χ2n) is 4.96. The minimum Gasteiger partial charge on any atom is -0.368 e. The van der Waals surface area contributed by atoms with Crippen molar-refractivity contribution in [2.24, 2.45) is 5.73 Å². The molecular weight excluding hydrogens is 292 g/mol. The van der Waals surface area contributed by atoms with Gasteiger partial charge in [-0.1, -0.05) is 37.1 Å². The van der Waals surface area contributed by atoms with Crippen molar-refractivity contribution in [3.05, 3.63) is 29.3 Å². The molecule has 20 heavy (non-hydrogen) atoms. The third kappa shape index (κ3) is 5.35. The molecule has 1 atom stereocenters. The summed E-state index contributed by atoms with van der Waals surface area (Å²) in [5.74, 6) is 0.711. The van der Waals surface area contributed by atoms with Gasteiger partial charge in [-0.3, -0.25) is 4.79 Å². The number of hydrogen-bond donors (Lipinski definition) is 2. The minimum absolute atomic E-state index is 0.280. The molecule has 1 rings (SSSR count). The van der Waals surface area contributed by atoms with Gasteiger partial charge in [0.2, 0.25) is 5.91 Å². The molecule has 3 nitrogen and oxygen atoms in total. The summed E-state index contributed by atoms with van der Waals surface area (Å²) in [6.45, 7) is 4.60. The molecule has 0 aliphatic rings. The van der Waals surface area contributed by atoms with Crippen LogP contribution < -0.4 is 11.1 Å². The second-order valence-corrected chi connectivity index (χ2v) is 6.51. The third-order valence-electron chi connectivity index (χ3n) is 3.28. The highest BCUT2D eigenvalue weighted by molar-refractivity contribution is 7.99. The van der Waals surface area contributed by atoms with Crippen LogP contribution in [0, 0.1) is 0 Å². The van der Waals surface area contributed by atoms with Gasteiger partial charge in [0.1, 0.15) is 0 Å². The molecule has 0 bridgehead atoms. The maximum atomic E-state index is 11.5. The number of carbonyl (C=O) groups is 1. The van der Waals surface area contributed by atoms with E-state index < -0.39 is 5.54 Å². The van der Waals surface area contributed by atoms with E-state index in [2.05, 4.69) is 5.32 Å². The number of nitrogens with two attached hydrogens (primary N) is 1. The number of likely N-dealkylation sites (N-methyl/N-ethyl adjacent to an activating group) is 1. The summed E-state index contributed by atoms with van der Waals surface area (Å²) >= 11 is 7.85. The Morgan fingerprint density at radius 2 is 2.10 bits per heavy atom. The van der Waals surface area contributed by atoms with E-state index in [-0.39, 0.29) is 5.91 Å². The fraction of sp³-hybridized carbons (Fsp3) is 0.533. The van der Waals surface area contributed by atoms with Gasteiger partial charge in [0.25, 0.3) is 0 Å². The molecule has 0 aromatic heterocycles. The Bertz CT molecular complexity index is 442. The summed E-state index contributed by atoms with van der Waals surface area (Å²) in [5.41, 5.74) is 4.87. The molecule has 0 radical (unpaired) electrons. The van der Waals surface area contributed by atoms with E-state index >= 15 is 0 Å². The van der Waals surface area contributed by atoms with Crippen molar-refractivity contribution in [1.82, 2.24) is 5.32 Å². The molecule has 0 fully saturated rings. The number of halogens is 1. The normalized spacial score (nSPS) is 13.9. The van der Waals surface area contributed by atoms with Crippen molar-refractivity contribution >= 4 is 29.3 Å². The molecule has 112 valence electrons. The molecule has 0 heterocycles. The Balaban J connectivity index is 2.31. The zero-order valence-electron chi connectivity index (χ0n) is 12.1. The number of benzene rings is 1. The molecule has 1 unspecified atom stereocenters. The van der Waals surface area contributed by atoms with Crippen LogP contribution >= 0.6 is 23.4 Å². The first-order valence-corrected chi connectivity index (χ1v) is 8.28. The topological polar surface area (TPSA) is 55.1 Å². The number of primary amides is 1. The summed E-state index contributed by atoms with van der Waals surface area (Å²) in [4.78, 5) is 12.6. The number of carbonyl (C=O) groups excluding carboxylic acids is 1. The summed E-state index contributed by atoms with van der Waals surface area (Å²) in [7, 11) is 0. The Morgan fingerprint density at radius 3 is 2.70 bits per heavy atom. The average molecular weight is 315 g/mol. The first-order chi connectivity index (χ1) is 9.49. The Kier molecular flexibility index (Phi) is 7.41. The first kappa shape index (κ1) is 17.3. The molecule has 1 aromatic rings. The Hall–Kier alpha value is -0.710. The van der Waals surface area contributed by atoms with Gasteiger partial charge in [-0.25, -0.2) is 0 Å². The molecule has 5 heteroatoms. The van der Waals surface area contributed by atoms with Crippen LogP contribution in [0.3, 0.4) is 0 Å². The van der Waals surface area contributed by atoms with Crippen LogP contribution in [-0.4, -0.2) is 23.7 Å². The largest absolute Gasteiger partial charge is 0.368 e. The van der Waals surface area contributed by atoms with Crippen molar-refractivity contribution in [3.63, 3.8) is 0 Å². The van der Waals surface area contributed by atoms with Gasteiger partial charge in [-0.2, -0.15) is 0 Å². The molecule has 1 aromatic carbocycles. The third-order valence-corrected chi connectivity index (χ3v) is 4.88. The lowest BCUT2D eigenvalue weighted by atomic mass is 9.94. The number of amides is 1. The zero-order chi connectivity index (χ0) is 15.0. The summed E-state index contributed by atoms with van der Waals surface area (Å²) < 4.78 is 0. The van der Waals surface area contributed by atoms with Crippen LogP contribution in [0.15, 0.2) is 29.2 Å². The maximum Gasteiger partial charge on any atom is 0.237 e. The quantitative estimate of drug-likeness (QED) is 0.542. The van der Waals surface area contributed by atoms with Crippen LogP contribution in [0.4, 0.5) is 0 Å². The van der Waals surface area contributed by atoms with Crippen molar-refractivity contribution in [2.45, 2.75) is 43.5 Å². The van der Waals surface area contributed by atoms with E-state index in [1.165, 1.54) is 0 Å². The van der Waals surface area contributed by atoms with Gasteiger partial charge < -0.3 is 11.1 Å². The molecule has 3 N–H and O–H groups in total. The maximum absolute atomic E-state index is 11.5. The summed E-state index contributed by atoms with van der Waals surface area (Å²) in [5, 5.41) is 3.97. The van der Waals surface area contributed by atoms with E-state index in [1.807, 2.05) is 38.1 Å². The predicted molar refractivity (Wildman–Crippen MR) is 87.3 cm³/mol. The molecule has 0 saturated carbocycles. The van der Waals surface area contributed by atoms with E-state index in [1.54, 1.807) is 11.8 Å². The lowest BCUT2D eigenvalue weighted by molar-refractivity contribution is -0.124. The van der Waals surface area contributed by atoms with Gasteiger partial charge in [0, 0.05) is 4.90 Å². The average Bonchev–Trinajstić information content (AvgIpc) is 2.40. The molecule has 1 amide bonds. The van der Waals surface area contributed by atoms with E-state index in [0.29, 0.717) is 0 Å². The smallest absolute Gasteiger partial charge is 0.237 e. The monoisotopic (exact) mass is 314 g/mol. The molecule has 0 spiro atoms. The minimum atomic E-state index is -0.593. The van der Waals surface area contributed by atoms with Gasteiger partial charge >= 0.3 is 0 Å². The second kappa shape index (κ2) is 8.55. The van der Waals surface area contributed by atoms with E-state index in [0.717, 1.165) is 41.5 Å². The lowest BCUT2D eigenvalue weighted by Gasteiger charge is -2.26. The van der Waals surface area contributed by atoms with Crippen molar-refractivity contribution in [1.29, 1.82) is 0 Å². The fourth-order valence-electron chi connectivity index (χ4n) is 2.01. The van der Waals surface area contributed by atoms with Crippen molar-refractivity contribution < 1.29 is 4.79 Å². The Labute approximate surface area is 130 Å². The van der Waals surface area contributed by atoms with Gasteiger partial charge in [-0.15, -0.1) is 11.8 Å². The fourth-order valence-corrected chi connectivity index (χ4v) is 3.26. The lowest BCUT2D eigenvalue weighted by Crippen LogP contribution is -2.52. The highest BCUT2D eigenvalue weighted by Gasteiger charge is 2.28. The SMILES string of the molecule is CCNC(C)(CCCCSc1ccccc1Cl)C(N)=O. The Morgan fingerprint density at radius 1 is 1.40 bits per heavy atom. The van der Waals surface area contributed by atoms with Gasteiger partial charge in [-0.05, 0) is 44.2 Å². The summed E-state index contributed by atoms with van der Waals surface area (Å²) in [6.07, 6.45) is 2.76. The van der Waals surface area contributed by atoms with Crippen LogP contribution in [0.25, 0.3) is 0 Å².